The van der Waals surface area contributed by atoms with Gasteiger partial charge in [0, 0.05) is 25.4 Å². The third-order valence-electron chi connectivity index (χ3n) is 1.58. The molecule has 2 amide bonds. The van der Waals surface area contributed by atoms with E-state index >= 15 is 0 Å². The smallest absolute Gasteiger partial charge is 0.270 e. The molecular formula is C8H11N3O2S. The fraction of sp³-hybridized carbons (Fsp3) is 0.375. The highest BCUT2D eigenvalue weighted by Gasteiger charge is 2.06. The van der Waals surface area contributed by atoms with Gasteiger partial charge in [0.15, 0.2) is 0 Å². The summed E-state index contributed by atoms with van der Waals surface area (Å²) in [6, 6.07) is 0. The van der Waals surface area contributed by atoms with E-state index in [9.17, 15) is 9.59 Å². The maximum atomic E-state index is 11.3. The van der Waals surface area contributed by atoms with E-state index in [1.165, 1.54) is 11.3 Å². The van der Waals surface area contributed by atoms with Crippen molar-refractivity contribution in [2.75, 3.05) is 13.6 Å². The van der Waals surface area contributed by atoms with Crippen molar-refractivity contribution in [3.05, 3.63) is 16.6 Å². The number of rotatable bonds is 4. The van der Waals surface area contributed by atoms with E-state index in [1.807, 2.05) is 0 Å². The van der Waals surface area contributed by atoms with E-state index in [0.717, 1.165) is 0 Å². The predicted molar refractivity (Wildman–Crippen MR) is 53.1 cm³/mol. The minimum absolute atomic E-state index is 0.0939. The third kappa shape index (κ3) is 3.14. The fourth-order valence-corrected chi connectivity index (χ4v) is 1.36. The van der Waals surface area contributed by atoms with Crippen molar-refractivity contribution in [1.82, 2.24) is 15.6 Å². The van der Waals surface area contributed by atoms with Gasteiger partial charge in [-0.15, -0.1) is 11.3 Å². The van der Waals surface area contributed by atoms with Crippen LogP contribution in [0.4, 0.5) is 0 Å². The molecule has 6 heteroatoms. The van der Waals surface area contributed by atoms with Crippen molar-refractivity contribution in [2.24, 2.45) is 0 Å². The van der Waals surface area contributed by atoms with Gasteiger partial charge >= 0.3 is 0 Å². The number of aromatic nitrogens is 1. The topological polar surface area (TPSA) is 71.1 Å². The van der Waals surface area contributed by atoms with Gasteiger partial charge < -0.3 is 10.6 Å². The quantitative estimate of drug-likeness (QED) is 0.740. The summed E-state index contributed by atoms with van der Waals surface area (Å²) in [4.78, 5) is 25.9. The van der Waals surface area contributed by atoms with Gasteiger partial charge in [0.05, 0.1) is 5.51 Å². The Morgan fingerprint density at radius 1 is 1.57 bits per heavy atom. The van der Waals surface area contributed by atoms with Crippen molar-refractivity contribution >= 4 is 23.2 Å². The molecular weight excluding hydrogens is 202 g/mol. The number of hydrogen-bond donors (Lipinski definition) is 2. The summed E-state index contributed by atoms with van der Waals surface area (Å²) in [5, 5.41) is 6.73. The second-order valence-electron chi connectivity index (χ2n) is 2.55. The normalized spacial score (nSPS) is 9.50. The molecule has 0 bridgehead atoms. The van der Waals surface area contributed by atoms with Gasteiger partial charge in [-0.2, -0.15) is 0 Å². The minimum Gasteiger partial charge on any atom is -0.359 e. The summed E-state index contributed by atoms with van der Waals surface area (Å²) >= 11 is 1.36. The standard InChI is InChI=1S/C8H11N3O2S/c1-9-7(12)2-3-10-8(13)6-4-14-5-11-6/h4-5H,2-3H2,1H3,(H,9,12)(H,10,13). The van der Waals surface area contributed by atoms with E-state index in [2.05, 4.69) is 15.6 Å². The summed E-state index contributed by atoms with van der Waals surface area (Å²) in [5.74, 6) is -0.335. The van der Waals surface area contributed by atoms with Gasteiger partial charge in [-0.05, 0) is 0 Å². The van der Waals surface area contributed by atoms with Crippen LogP contribution in [0.25, 0.3) is 0 Å². The number of carbonyl (C=O) groups is 2. The molecule has 76 valence electrons. The summed E-state index contributed by atoms with van der Waals surface area (Å²) in [5.41, 5.74) is 1.99. The summed E-state index contributed by atoms with van der Waals surface area (Å²) in [6.45, 7) is 0.329. The third-order valence-corrected chi connectivity index (χ3v) is 2.17. The first-order valence-corrected chi connectivity index (χ1v) is 5.05. The molecule has 0 spiro atoms. The average Bonchev–Trinajstić information content (AvgIpc) is 2.70. The molecule has 1 heterocycles. The molecule has 0 aliphatic rings. The van der Waals surface area contributed by atoms with E-state index in [0.29, 0.717) is 12.2 Å². The van der Waals surface area contributed by atoms with Gasteiger partial charge in [0.25, 0.3) is 5.91 Å². The van der Waals surface area contributed by atoms with Crippen LogP contribution >= 0.6 is 11.3 Å². The minimum atomic E-state index is -0.241. The molecule has 0 aliphatic carbocycles. The first-order valence-electron chi connectivity index (χ1n) is 4.11. The Hall–Kier alpha value is -1.43. The first kappa shape index (κ1) is 10.6. The molecule has 1 aromatic rings. The number of amides is 2. The molecule has 0 fully saturated rings. The Balaban J connectivity index is 2.26. The molecule has 0 atom stereocenters. The summed E-state index contributed by atoms with van der Waals surface area (Å²) in [7, 11) is 1.56. The number of nitrogens with zero attached hydrogens (tertiary/aromatic N) is 1. The first-order chi connectivity index (χ1) is 6.74. The van der Waals surface area contributed by atoms with Gasteiger partial charge in [-0.3, -0.25) is 9.59 Å². The lowest BCUT2D eigenvalue weighted by Crippen LogP contribution is -2.29. The highest BCUT2D eigenvalue weighted by Crippen LogP contribution is 1.99. The Kier molecular flexibility index (Phi) is 4.06. The lowest BCUT2D eigenvalue weighted by atomic mass is 10.4. The number of carbonyl (C=O) groups excluding carboxylic acids is 2. The van der Waals surface area contributed by atoms with Crippen molar-refractivity contribution in [2.45, 2.75) is 6.42 Å². The van der Waals surface area contributed by atoms with Gasteiger partial charge in [-0.25, -0.2) is 4.98 Å². The lowest BCUT2D eigenvalue weighted by Gasteiger charge is -2.01. The van der Waals surface area contributed by atoms with E-state index in [1.54, 1.807) is 17.9 Å². The van der Waals surface area contributed by atoms with E-state index < -0.39 is 0 Å². The van der Waals surface area contributed by atoms with Crippen LogP contribution < -0.4 is 10.6 Å². The van der Waals surface area contributed by atoms with Crippen LogP contribution in [-0.2, 0) is 4.79 Å². The molecule has 0 radical (unpaired) electrons. The maximum Gasteiger partial charge on any atom is 0.270 e. The average molecular weight is 213 g/mol. The lowest BCUT2D eigenvalue weighted by molar-refractivity contribution is -0.120. The van der Waals surface area contributed by atoms with E-state index in [-0.39, 0.29) is 18.2 Å². The van der Waals surface area contributed by atoms with Crippen molar-refractivity contribution in [1.29, 1.82) is 0 Å². The molecule has 2 N–H and O–H groups in total. The van der Waals surface area contributed by atoms with Crippen molar-refractivity contribution in [3.63, 3.8) is 0 Å². The molecule has 0 unspecified atom stereocenters. The molecule has 0 aliphatic heterocycles. The SMILES string of the molecule is CNC(=O)CCNC(=O)c1cscn1. The van der Waals surface area contributed by atoms with Crippen LogP contribution in [0.15, 0.2) is 10.9 Å². The van der Waals surface area contributed by atoms with E-state index in [4.69, 9.17) is 0 Å². The number of hydrogen-bond acceptors (Lipinski definition) is 4. The highest BCUT2D eigenvalue weighted by atomic mass is 32.1. The molecule has 14 heavy (non-hydrogen) atoms. The van der Waals surface area contributed by atoms with Crippen LogP contribution in [0.5, 0.6) is 0 Å². The van der Waals surface area contributed by atoms with Gasteiger partial charge in [0.2, 0.25) is 5.91 Å². The predicted octanol–water partition coefficient (Wildman–Crippen LogP) is 0.00900. The summed E-state index contributed by atoms with van der Waals surface area (Å²) in [6.07, 6.45) is 0.284. The summed E-state index contributed by atoms with van der Waals surface area (Å²) < 4.78 is 0. The largest absolute Gasteiger partial charge is 0.359 e. The molecule has 5 nitrogen and oxygen atoms in total. The maximum absolute atomic E-state index is 11.3. The van der Waals surface area contributed by atoms with Gasteiger partial charge in [0.1, 0.15) is 5.69 Å². The molecule has 1 rings (SSSR count). The molecule has 1 aromatic heterocycles. The monoisotopic (exact) mass is 213 g/mol. The zero-order valence-corrected chi connectivity index (χ0v) is 8.56. The Bertz CT molecular complexity index is 310. The second kappa shape index (κ2) is 5.33. The molecule has 0 saturated carbocycles. The Morgan fingerprint density at radius 3 is 2.93 bits per heavy atom. The second-order valence-corrected chi connectivity index (χ2v) is 3.27. The highest BCUT2D eigenvalue weighted by molar-refractivity contribution is 7.07. The van der Waals surface area contributed by atoms with Crippen LogP contribution in [0.3, 0.4) is 0 Å². The number of thiazole rings is 1. The zero-order chi connectivity index (χ0) is 10.4. The van der Waals surface area contributed by atoms with Crippen LogP contribution in [0.1, 0.15) is 16.9 Å². The van der Waals surface area contributed by atoms with Crippen molar-refractivity contribution in [3.8, 4) is 0 Å². The van der Waals surface area contributed by atoms with Crippen LogP contribution in [-0.4, -0.2) is 30.4 Å². The number of nitrogens with one attached hydrogen (secondary N) is 2. The Morgan fingerprint density at radius 2 is 2.36 bits per heavy atom. The molecule has 0 aromatic carbocycles. The Labute approximate surface area is 85.5 Å². The molecule has 0 saturated heterocycles. The fourth-order valence-electron chi connectivity index (χ4n) is 0.830. The van der Waals surface area contributed by atoms with Gasteiger partial charge in [-0.1, -0.05) is 0 Å². The van der Waals surface area contributed by atoms with Crippen LogP contribution in [0.2, 0.25) is 0 Å². The van der Waals surface area contributed by atoms with Crippen LogP contribution in [0, 0.1) is 0 Å². The zero-order valence-electron chi connectivity index (χ0n) is 7.74. The van der Waals surface area contributed by atoms with Crippen molar-refractivity contribution < 1.29 is 9.59 Å².